The van der Waals surface area contributed by atoms with E-state index >= 15 is 0 Å². The molecule has 8 N–H and O–H groups in total. The summed E-state index contributed by atoms with van der Waals surface area (Å²) in [6.45, 7) is 5.10. The Bertz CT molecular complexity index is 1060. The number of nitroso groups, excluding NO2 is 1. The van der Waals surface area contributed by atoms with Crippen molar-refractivity contribution in [3.8, 4) is 11.5 Å². The Hall–Kier alpha value is -2.84. The van der Waals surface area contributed by atoms with Crippen molar-refractivity contribution in [1.29, 1.82) is 0 Å². The van der Waals surface area contributed by atoms with E-state index < -0.39 is 30.2 Å². The topological polar surface area (TPSA) is 250 Å². The normalized spacial score (nSPS) is 19.5. The molecular formula is C27H43N3O12U. The summed E-state index contributed by atoms with van der Waals surface area (Å²) in [6, 6.07) is 1.80. The summed E-state index contributed by atoms with van der Waals surface area (Å²) in [5.74, 6) is -2.78. The van der Waals surface area contributed by atoms with Crippen LogP contribution < -0.4 is 4.90 Å². The number of aliphatic imine (C=N–C) groups is 1. The summed E-state index contributed by atoms with van der Waals surface area (Å²) < 4.78 is 4.79. The second-order valence-corrected chi connectivity index (χ2v) is 8.06. The molecule has 3 atom stereocenters. The van der Waals surface area contributed by atoms with Gasteiger partial charge in [0.2, 0.25) is 0 Å². The third-order valence-electron chi connectivity index (χ3n) is 5.33. The van der Waals surface area contributed by atoms with Gasteiger partial charge in [0.05, 0.1) is 32.5 Å². The number of allylic oxidation sites excluding steroid dienone is 1. The van der Waals surface area contributed by atoms with Crippen molar-refractivity contribution in [3.63, 3.8) is 0 Å². The molecule has 0 radical (unpaired) electrons. The van der Waals surface area contributed by atoms with E-state index in [9.17, 15) is 24.9 Å². The van der Waals surface area contributed by atoms with Crippen LogP contribution in [0, 0.1) is 36.0 Å². The minimum absolute atomic E-state index is 0. The van der Waals surface area contributed by atoms with Gasteiger partial charge in [-0.15, -0.1) is 0 Å². The molecule has 1 aromatic carbocycles. The molecule has 3 aliphatic rings. The number of aromatic hydroxyl groups is 2. The van der Waals surface area contributed by atoms with E-state index in [1.807, 2.05) is 13.8 Å². The summed E-state index contributed by atoms with van der Waals surface area (Å²) in [5.41, 5.74) is 1.78. The van der Waals surface area contributed by atoms with E-state index in [4.69, 9.17) is 35.2 Å². The fourth-order valence-electron chi connectivity index (χ4n) is 3.70. The number of hydrogen-bond acceptors (Lipinski definition) is 13. The Balaban J connectivity index is -0.000000741. The summed E-state index contributed by atoms with van der Waals surface area (Å²) in [5, 5.41) is 71.6. The second kappa shape index (κ2) is 25.6. The van der Waals surface area contributed by atoms with E-state index in [2.05, 4.69) is 10.2 Å². The number of carboxylic acid groups (broad SMARTS) is 2. The molecule has 3 heterocycles. The Morgan fingerprint density at radius 1 is 1.02 bits per heavy atom. The number of aliphatic carboxylic acids is 2. The molecule has 16 heteroatoms. The summed E-state index contributed by atoms with van der Waals surface area (Å²) in [6.07, 6.45) is 4.92. The maximum Gasteiger partial charge on any atom is 0.354 e. The molecule has 1 fully saturated rings. The van der Waals surface area contributed by atoms with Crippen molar-refractivity contribution in [2.24, 2.45) is 10.2 Å². The zero-order valence-electron chi connectivity index (χ0n) is 24.9. The van der Waals surface area contributed by atoms with Gasteiger partial charge in [0.15, 0.2) is 11.5 Å². The molecule has 0 spiro atoms. The SMILES string of the molecule is CC.CN=O.CO.CO.O=C(O)C1=NCCC(/C=C/N2c3cc(O)c(O)cc3C[C@H]2C(=O)O)=C1.O[C@@H]1COC[C@H](O)C1.[U]. The number of fused-ring (bicyclic) bond motifs is 1. The first kappa shape index (κ1) is 44.6. The molecule has 242 valence electrons. The van der Waals surface area contributed by atoms with Gasteiger partial charge in [-0.25, -0.2) is 9.59 Å². The minimum atomic E-state index is -1.11. The van der Waals surface area contributed by atoms with Crippen LogP contribution in [0.15, 0.2) is 46.2 Å². The fraction of sp³-hybridized carbons (Fsp3) is 0.519. The maximum atomic E-state index is 11.5. The first-order valence-electron chi connectivity index (χ1n) is 12.8. The maximum absolute atomic E-state index is 11.5. The van der Waals surface area contributed by atoms with Crippen molar-refractivity contribution in [2.45, 2.75) is 51.4 Å². The van der Waals surface area contributed by atoms with Crippen LogP contribution in [0.5, 0.6) is 11.5 Å². The number of benzene rings is 1. The molecule has 0 aliphatic carbocycles. The van der Waals surface area contributed by atoms with Crippen LogP contribution in [0.2, 0.25) is 0 Å². The van der Waals surface area contributed by atoms with Crippen LogP contribution in [0.25, 0.3) is 0 Å². The van der Waals surface area contributed by atoms with Gasteiger partial charge >= 0.3 is 11.9 Å². The van der Waals surface area contributed by atoms with Crippen molar-refractivity contribution in [3.05, 3.63) is 46.5 Å². The van der Waals surface area contributed by atoms with Gasteiger partial charge in [-0.2, -0.15) is 4.91 Å². The van der Waals surface area contributed by atoms with Crippen LogP contribution in [-0.2, 0) is 20.7 Å². The number of rotatable bonds is 4. The number of ether oxygens (including phenoxy) is 1. The Morgan fingerprint density at radius 3 is 1.98 bits per heavy atom. The number of anilines is 1. The first-order valence-corrected chi connectivity index (χ1v) is 12.8. The van der Waals surface area contributed by atoms with Gasteiger partial charge < -0.3 is 50.5 Å². The van der Waals surface area contributed by atoms with E-state index in [-0.39, 0.29) is 54.7 Å². The van der Waals surface area contributed by atoms with Gasteiger partial charge in [-0.05, 0) is 35.8 Å². The Kier molecular flexibility index (Phi) is 26.6. The molecule has 0 saturated carbocycles. The molecule has 0 amide bonds. The summed E-state index contributed by atoms with van der Waals surface area (Å²) in [7, 11) is 3.19. The van der Waals surface area contributed by atoms with Crippen LogP contribution in [-0.4, -0.2) is 118 Å². The molecule has 0 unspecified atom stereocenters. The smallest absolute Gasteiger partial charge is 0.354 e. The summed E-state index contributed by atoms with van der Waals surface area (Å²) >= 11 is 0. The number of phenols is 2. The molecule has 43 heavy (non-hydrogen) atoms. The van der Waals surface area contributed by atoms with Gasteiger partial charge in [-0.3, -0.25) is 4.99 Å². The van der Waals surface area contributed by atoms with Gasteiger partial charge in [0, 0.05) is 82.7 Å². The zero-order valence-corrected chi connectivity index (χ0v) is 29.1. The van der Waals surface area contributed by atoms with Gasteiger partial charge in [0.1, 0.15) is 11.8 Å². The predicted octanol–water partition coefficient (Wildman–Crippen LogP) is 1.04. The second-order valence-electron chi connectivity index (χ2n) is 8.06. The molecule has 0 aromatic heterocycles. The van der Waals surface area contributed by atoms with Crippen LogP contribution in [0.1, 0.15) is 32.3 Å². The van der Waals surface area contributed by atoms with Crippen LogP contribution in [0.4, 0.5) is 5.69 Å². The molecule has 3 aliphatic heterocycles. The molecule has 1 saturated heterocycles. The van der Waals surface area contributed by atoms with Crippen molar-refractivity contribution >= 4 is 23.3 Å². The quantitative estimate of drug-likeness (QED) is 0.156. The largest absolute Gasteiger partial charge is 0.504 e. The zero-order chi connectivity index (χ0) is 32.8. The Labute approximate surface area is 274 Å². The fourth-order valence-corrected chi connectivity index (χ4v) is 3.70. The van der Waals surface area contributed by atoms with Crippen molar-refractivity contribution < 1.29 is 86.3 Å². The monoisotopic (exact) mass is 839 g/mol. The standard InChI is InChI=1S/C17H16N2O6.C5H10O3.C2H6.CH3NO.2CH4O.U/c20-14-7-10-6-13(17(24)25)19(12(10)8-15(14)21)4-2-9-1-3-18-11(5-9)16(22)23;6-4-1-5(7)3-8-2-4;1-2;1-2-3;2*1-2;/h2,4-5,7-8,13,20-21H,1,3,6H2,(H,22,23)(H,24,25);4-7H,1-3H2;1-2H3;1H3;2*2H,1H3;/b4-2+;;;;;;/t13-;4-,5+;;;;;/m0....../s1. The number of carbonyl (C=O) groups is 2. The molecule has 0 bridgehead atoms. The third-order valence-corrected chi connectivity index (χ3v) is 5.33. The Morgan fingerprint density at radius 2 is 1.53 bits per heavy atom. The third kappa shape index (κ3) is 16.0. The average Bonchev–Trinajstić information content (AvgIpc) is 3.33. The number of hydrogen-bond donors (Lipinski definition) is 8. The first-order chi connectivity index (χ1) is 20.1. The van der Waals surface area contributed by atoms with E-state index in [1.165, 1.54) is 30.2 Å². The molecule has 15 nitrogen and oxygen atoms in total. The number of phenolic OH excluding ortho intramolecular Hbond substituents is 2. The van der Waals surface area contributed by atoms with Crippen LogP contribution >= 0.6 is 0 Å². The van der Waals surface area contributed by atoms with Gasteiger partial charge in [0.25, 0.3) is 0 Å². The van der Waals surface area contributed by atoms with E-state index in [1.54, 1.807) is 12.3 Å². The number of carboxylic acids is 2. The summed E-state index contributed by atoms with van der Waals surface area (Å²) in [4.78, 5) is 36.5. The van der Waals surface area contributed by atoms with Crippen molar-refractivity contribution in [2.75, 3.05) is 45.9 Å². The molecule has 1 aromatic rings. The predicted molar refractivity (Wildman–Crippen MR) is 156 cm³/mol. The van der Waals surface area contributed by atoms with E-state index in [0.717, 1.165) is 14.2 Å². The number of dihydropyridines is 1. The molecule has 4 rings (SSSR count). The van der Waals surface area contributed by atoms with E-state index in [0.29, 0.717) is 49.4 Å². The number of aliphatic hydroxyl groups excluding tert-OH is 4. The minimum Gasteiger partial charge on any atom is -0.504 e. The number of aliphatic hydroxyl groups is 4. The number of nitrogens with zero attached hydrogens (tertiary/aromatic N) is 3. The van der Waals surface area contributed by atoms with Crippen molar-refractivity contribution in [1.82, 2.24) is 0 Å². The average molecular weight is 840 g/mol. The molecular weight excluding hydrogens is 796 g/mol. The van der Waals surface area contributed by atoms with Gasteiger partial charge in [-0.1, -0.05) is 19.0 Å². The van der Waals surface area contributed by atoms with Crippen LogP contribution in [0.3, 0.4) is 0 Å².